The summed E-state index contributed by atoms with van der Waals surface area (Å²) in [6.45, 7) is 4.73. The van der Waals surface area contributed by atoms with Crippen molar-refractivity contribution >= 4 is 6.47 Å². The zero-order valence-electron chi connectivity index (χ0n) is 6.99. The van der Waals surface area contributed by atoms with Crippen molar-refractivity contribution in [3.05, 3.63) is 0 Å². The Hall–Kier alpha value is -0.610. The summed E-state index contributed by atoms with van der Waals surface area (Å²) in [6, 6.07) is 0. The maximum atomic E-state index is 8.65. The second-order valence-corrected chi connectivity index (χ2v) is 2.03. The van der Waals surface area contributed by atoms with Gasteiger partial charge < -0.3 is 14.9 Å². The van der Waals surface area contributed by atoms with Gasteiger partial charge in [0.1, 0.15) is 0 Å². The molecule has 1 unspecified atom stereocenters. The molecular weight excluding hydrogens is 148 g/mol. The molecule has 1 atom stereocenters. The molecule has 0 bridgehead atoms. The molecule has 0 heterocycles. The maximum absolute atomic E-state index is 8.65. The molecule has 0 rings (SSSR count). The lowest BCUT2D eigenvalue weighted by Gasteiger charge is -2.02. The number of hydrogen-bond donors (Lipinski definition) is 2. The minimum absolute atomic E-state index is 0.250. The topological polar surface area (TPSA) is 66.8 Å². The molecule has 0 aliphatic rings. The third kappa shape index (κ3) is 26.6. The van der Waals surface area contributed by atoms with Gasteiger partial charge in [-0.15, -0.1) is 0 Å². The molecule has 0 saturated carbocycles. The smallest absolute Gasteiger partial charge is 0.290 e. The van der Waals surface area contributed by atoms with Gasteiger partial charge in [0.15, 0.2) is 0 Å². The zero-order valence-corrected chi connectivity index (χ0v) is 6.99. The van der Waals surface area contributed by atoms with Crippen LogP contribution in [-0.2, 0) is 9.53 Å². The van der Waals surface area contributed by atoms with Gasteiger partial charge in [0.2, 0.25) is 0 Å². The van der Waals surface area contributed by atoms with Crippen molar-refractivity contribution in [2.45, 2.75) is 26.4 Å². The van der Waals surface area contributed by atoms with Crippen molar-refractivity contribution in [1.29, 1.82) is 0 Å². The number of aliphatic hydroxyl groups excluding tert-OH is 1. The summed E-state index contributed by atoms with van der Waals surface area (Å²) in [5.41, 5.74) is 0. The molecule has 4 heteroatoms. The van der Waals surface area contributed by atoms with Gasteiger partial charge in [0, 0.05) is 6.61 Å². The largest absolute Gasteiger partial charge is 0.483 e. The molecule has 2 N–H and O–H groups in total. The van der Waals surface area contributed by atoms with Gasteiger partial charge in [-0.05, 0) is 13.3 Å². The highest BCUT2D eigenvalue weighted by Crippen LogP contribution is 1.83. The molecule has 0 aromatic carbocycles. The second-order valence-electron chi connectivity index (χ2n) is 2.03. The van der Waals surface area contributed by atoms with E-state index < -0.39 is 0 Å². The van der Waals surface area contributed by atoms with Crippen molar-refractivity contribution < 1.29 is 19.7 Å². The van der Waals surface area contributed by atoms with Crippen LogP contribution in [0.3, 0.4) is 0 Å². The fourth-order valence-electron chi connectivity index (χ4n) is 0.398. The van der Waals surface area contributed by atoms with E-state index in [0.29, 0.717) is 6.61 Å². The average Bonchev–Trinajstić information content (AvgIpc) is 1.89. The standard InChI is InChI=1S/C6H14O2.CH2O2/c1-3-4-8-5-6(2)7;2-1-3/h6-7H,3-5H2,1-2H3;1H,(H,2,3). The summed E-state index contributed by atoms with van der Waals surface area (Å²) < 4.78 is 4.99. The molecule has 0 aromatic rings. The lowest BCUT2D eigenvalue weighted by Crippen LogP contribution is -2.10. The summed E-state index contributed by atoms with van der Waals surface area (Å²) in [4.78, 5) is 8.36. The Kier molecular flexibility index (Phi) is 14.3. The van der Waals surface area contributed by atoms with E-state index in [-0.39, 0.29) is 12.6 Å². The molecular formula is C7H16O4. The van der Waals surface area contributed by atoms with Gasteiger partial charge in [-0.2, -0.15) is 0 Å². The summed E-state index contributed by atoms with van der Waals surface area (Å²) in [7, 11) is 0. The van der Waals surface area contributed by atoms with Gasteiger partial charge in [0.05, 0.1) is 12.7 Å². The highest BCUT2D eigenvalue weighted by molar-refractivity contribution is 5.32. The Bertz CT molecular complexity index is 72.8. The summed E-state index contributed by atoms with van der Waals surface area (Å²) in [5.74, 6) is 0. The van der Waals surface area contributed by atoms with Gasteiger partial charge in [0.25, 0.3) is 6.47 Å². The molecule has 0 fully saturated rings. The van der Waals surface area contributed by atoms with Gasteiger partial charge in [-0.1, -0.05) is 6.92 Å². The van der Waals surface area contributed by atoms with E-state index >= 15 is 0 Å². The Morgan fingerprint density at radius 1 is 1.64 bits per heavy atom. The van der Waals surface area contributed by atoms with E-state index in [4.69, 9.17) is 19.7 Å². The van der Waals surface area contributed by atoms with Gasteiger partial charge >= 0.3 is 0 Å². The lowest BCUT2D eigenvalue weighted by molar-refractivity contribution is -0.122. The van der Waals surface area contributed by atoms with Crippen LogP contribution in [0.1, 0.15) is 20.3 Å². The summed E-state index contributed by atoms with van der Waals surface area (Å²) in [5, 5.41) is 15.5. The van der Waals surface area contributed by atoms with E-state index in [0.717, 1.165) is 13.0 Å². The number of rotatable bonds is 4. The third-order valence-electron chi connectivity index (χ3n) is 0.708. The summed E-state index contributed by atoms with van der Waals surface area (Å²) >= 11 is 0. The van der Waals surface area contributed by atoms with Crippen molar-refractivity contribution in [3.8, 4) is 0 Å². The number of ether oxygens (including phenoxy) is 1. The van der Waals surface area contributed by atoms with Crippen molar-refractivity contribution in [1.82, 2.24) is 0 Å². The van der Waals surface area contributed by atoms with Crippen LogP contribution in [0.2, 0.25) is 0 Å². The predicted molar refractivity (Wildman–Crippen MR) is 41.5 cm³/mol. The number of carboxylic acid groups (broad SMARTS) is 1. The van der Waals surface area contributed by atoms with Crippen molar-refractivity contribution in [2.24, 2.45) is 0 Å². The van der Waals surface area contributed by atoms with Crippen LogP contribution in [0.5, 0.6) is 0 Å². The fraction of sp³-hybridized carbons (Fsp3) is 0.857. The molecule has 0 spiro atoms. The minimum Gasteiger partial charge on any atom is -0.483 e. The SMILES string of the molecule is CCCOCC(C)O.O=CO. The van der Waals surface area contributed by atoms with E-state index in [1.165, 1.54) is 0 Å². The first-order chi connectivity index (χ1) is 5.18. The van der Waals surface area contributed by atoms with Crippen molar-refractivity contribution in [2.75, 3.05) is 13.2 Å². The predicted octanol–water partition coefficient (Wildman–Crippen LogP) is 0.495. The van der Waals surface area contributed by atoms with Crippen LogP contribution in [0.15, 0.2) is 0 Å². The molecule has 11 heavy (non-hydrogen) atoms. The van der Waals surface area contributed by atoms with Gasteiger partial charge in [-0.3, -0.25) is 4.79 Å². The minimum atomic E-state index is -0.318. The first-order valence-corrected chi connectivity index (χ1v) is 3.52. The number of aliphatic hydroxyl groups is 1. The Morgan fingerprint density at radius 2 is 2.09 bits per heavy atom. The summed E-state index contributed by atoms with van der Waals surface area (Å²) in [6.07, 6.45) is 0.703. The van der Waals surface area contributed by atoms with Gasteiger partial charge in [-0.25, -0.2) is 0 Å². The number of hydrogen-bond acceptors (Lipinski definition) is 3. The van der Waals surface area contributed by atoms with E-state index in [1.807, 2.05) is 6.92 Å². The average molecular weight is 164 g/mol. The number of carbonyl (C=O) groups is 1. The second kappa shape index (κ2) is 12.1. The van der Waals surface area contributed by atoms with E-state index in [1.54, 1.807) is 6.92 Å². The quantitative estimate of drug-likeness (QED) is 0.469. The lowest BCUT2D eigenvalue weighted by atomic mass is 10.4. The molecule has 0 radical (unpaired) electrons. The highest BCUT2D eigenvalue weighted by atomic mass is 16.5. The van der Waals surface area contributed by atoms with Crippen LogP contribution in [0, 0.1) is 0 Å². The van der Waals surface area contributed by atoms with Crippen LogP contribution in [0.25, 0.3) is 0 Å². The third-order valence-corrected chi connectivity index (χ3v) is 0.708. The Labute approximate surface area is 66.8 Å². The molecule has 0 aliphatic heterocycles. The molecule has 68 valence electrons. The van der Waals surface area contributed by atoms with E-state index in [9.17, 15) is 0 Å². The highest BCUT2D eigenvalue weighted by Gasteiger charge is 1.91. The normalized spacial score (nSPS) is 11.2. The Morgan fingerprint density at radius 3 is 2.36 bits per heavy atom. The molecule has 0 saturated heterocycles. The molecule has 0 amide bonds. The monoisotopic (exact) mass is 164 g/mol. The first-order valence-electron chi connectivity index (χ1n) is 3.52. The maximum Gasteiger partial charge on any atom is 0.290 e. The molecule has 0 aromatic heterocycles. The Balaban J connectivity index is 0. The van der Waals surface area contributed by atoms with Crippen molar-refractivity contribution in [3.63, 3.8) is 0 Å². The van der Waals surface area contributed by atoms with E-state index in [2.05, 4.69) is 0 Å². The molecule has 0 aliphatic carbocycles. The van der Waals surface area contributed by atoms with Crippen LogP contribution < -0.4 is 0 Å². The van der Waals surface area contributed by atoms with Crippen LogP contribution in [-0.4, -0.2) is 36.0 Å². The fourth-order valence-corrected chi connectivity index (χ4v) is 0.398. The molecule has 4 nitrogen and oxygen atoms in total. The van der Waals surface area contributed by atoms with Crippen LogP contribution in [0.4, 0.5) is 0 Å². The van der Waals surface area contributed by atoms with Crippen LogP contribution >= 0.6 is 0 Å². The zero-order chi connectivity index (χ0) is 9.11. The first kappa shape index (κ1) is 13.0.